The molecule has 0 atom stereocenters. The zero-order chi connectivity index (χ0) is 18.4. The van der Waals surface area contributed by atoms with Crippen LogP contribution in [0.1, 0.15) is 37.7 Å². The lowest BCUT2D eigenvalue weighted by Crippen LogP contribution is -2.38. The smallest absolute Gasteiger partial charge is 0.345 e. The van der Waals surface area contributed by atoms with E-state index < -0.39 is 0 Å². The molecular weight excluding hydrogens is 332 g/mol. The molecule has 0 saturated heterocycles. The summed E-state index contributed by atoms with van der Waals surface area (Å²) in [7, 11) is 1.91. The molecule has 26 heavy (non-hydrogen) atoms. The maximum atomic E-state index is 12.3. The van der Waals surface area contributed by atoms with Crippen molar-refractivity contribution in [1.29, 1.82) is 0 Å². The number of aryl methyl sites for hydroxylation is 3. The molecule has 3 rings (SSSR count). The fourth-order valence-electron chi connectivity index (χ4n) is 3.09. The minimum Gasteiger partial charge on any atom is -0.357 e. The Morgan fingerprint density at radius 3 is 2.96 bits per heavy atom. The zero-order valence-corrected chi connectivity index (χ0v) is 15.6. The summed E-state index contributed by atoms with van der Waals surface area (Å²) in [5, 5.41) is 15.2. The van der Waals surface area contributed by atoms with Crippen LogP contribution < -0.4 is 16.3 Å². The van der Waals surface area contributed by atoms with Gasteiger partial charge in [-0.2, -0.15) is 10.2 Å². The number of nitrogens with one attached hydrogen (secondary N) is 2. The van der Waals surface area contributed by atoms with E-state index in [0.717, 1.165) is 62.8 Å². The normalized spacial score (nSPS) is 14.3. The Morgan fingerprint density at radius 1 is 1.35 bits per heavy atom. The van der Waals surface area contributed by atoms with Crippen molar-refractivity contribution in [2.45, 2.75) is 52.2 Å². The van der Waals surface area contributed by atoms with Crippen LogP contribution in [-0.2, 0) is 33.1 Å². The van der Waals surface area contributed by atoms with Gasteiger partial charge in [-0.3, -0.25) is 9.25 Å². The van der Waals surface area contributed by atoms with Crippen molar-refractivity contribution in [3.8, 4) is 0 Å². The third-order valence-electron chi connectivity index (χ3n) is 4.54. The van der Waals surface area contributed by atoms with Crippen LogP contribution in [0, 0.1) is 0 Å². The van der Waals surface area contributed by atoms with Gasteiger partial charge in [0.25, 0.3) is 0 Å². The molecule has 0 fully saturated rings. The van der Waals surface area contributed by atoms with Crippen LogP contribution in [0.2, 0.25) is 0 Å². The Bertz CT molecular complexity index is 800. The topological polar surface area (TPSA) is 94.1 Å². The number of aromatic nitrogens is 5. The first-order chi connectivity index (χ1) is 12.7. The molecule has 9 nitrogen and oxygen atoms in total. The van der Waals surface area contributed by atoms with Gasteiger partial charge in [0.05, 0.1) is 12.2 Å². The molecular formula is C17H28N8O. The predicted molar refractivity (Wildman–Crippen MR) is 100 cm³/mol. The van der Waals surface area contributed by atoms with Crippen molar-refractivity contribution in [1.82, 2.24) is 34.8 Å². The predicted octanol–water partition coefficient (Wildman–Crippen LogP) is 0.260. The Hall–Kier alpha value is -2.58. The van der Waals surface area contributed by atoms with Crippen LogP contribution in [0.15, 0.2) is 22.1 Å². The van der Waals surface area contributed by atoms with Crippen molar-refractivity contribution in [3.05, 3.63) is 34.3 Å². The molecule has 0 spiro atoms. The number of rotatable bonds is 7. The first kappa shape index (κ1) is 18.2. The fraction of sp³-hybridized carbons (Fsp3) is 0.647. The molecule has 142 valence electrons. The highest BCUT2D eigenvalue weighted by Crippen LogP contribution is 2.09. The minimum atomic E-state index is 0.0245. The zero-order valence-electron chi connectivity index (χ0n) is 15.6. The maximum Gasteiger partial charge on any atom is 0.345 e. The highest BCUT2D eigenvalue weighted by Gasteiger charge is 2.16. The first-order valence-corrected chi connectivity index (χ1v) is 9.34. The highest BCUT2D eigenvalue weighted by molar-refractivity contribution is 5.79. The van der Waals surface area contributed by atoms with E-state index in [4.69, 9.17) is 0 Å². The quantitative estimate of drug-likeness (QED) is 0.420. The summed E-state index contributed by atoms with van der Waals surface area (Å²) >= 11 is 0. The molecule has 2 aromatic heterocycles. The van der Waals surface area contributed by atoms with Crippen molar-refractivity contribution < 1.29 is 0 Å². The molecule has 0 aliphatic carbocycles. The molecule has 0 aromatic carbocycles. The molecule has 1 aliphatic heterocycles. The highest BCUT2D eigenvalue weighted by atomic mass is 16.2. The lowest BCUT2D eigenvalue weighted by molar-refractivity contribution is 0.509. The molecule has 0 bridgehead atoms. The van der Waals surface area contributed by atoms with Crippen molar-refractivity contribution in [3.63, 3.8) is 0 Å². The van der Waals surface area contributed by atoms with Crippen LogP contribution in [0.3, 0.4) is 0 Å². The summed E-state index contributed by atoms with van der Waals surface area (Å²) in [6.45, 7) is 5.55. The average Bonchev–Trinajstić information content (AvgIpc) is 3.20. The summed E-state index contributed by atoms with van der Waals surface area (Å²) in [4.78, 5) is 16.9. The molecule has 0 saturated carbocycles. The van der Waals surface area contributed by atoms with E-state index in [1.807, 2.05) is 29.3 Å². The summed E-state index contributed by atoms with van der Waals surface area (Å²) < 4.78 is 5.23. The van der Waals surface area contributed by atoms with Gasteiger partial charge >= 0.3 is 5.69 Å². The first-order valence-electron chi connectivity index (χ1n) is 9.34. The SMILES string of the molecule is CCNC(=NCc1ccnn1C)NCCCn1nc2n(c1=O)CCCC2. The number of nitrogens with zero attached hydrogens (tertiary/aromatic N) is 6. The molecule has 1 aliphatic rings. The maximum absolute atomic E-state index is 12.3. The Morgan fingerprint density at radius 2 is 2.23 bits per heavy atom. The number of hydrogen-bond donors (Lipinski definition) is 2. The Balaban J connectivity index is 1.50. The van der Waals surface area contributed by atoms with Crippen molar-refractivity contribution in [2.24, 2.45) is 12.0 Å². The third-order valence-corrected chi connectivity index (χ3v) is 4.54. The van der Waals surface area contributed by atoms with Gasteiger partial charge in [0.2, 0.25) is 0 Å². The molecule has 2 N–H and O–H groups in total. The summed E-state index contributed by atoms with van der Waals surface area (Å²) in [6.07, 6.45) is 5.68. The number of hydrogen-bond acceptors (Lipinski definition) is 4. The van der Waals surface area contributed by atoms with E-state index in [9.17, 15) is 4.79 Å². The second kappa shape index (κ2) is 8.68. The van der Waals surface area contributed by atoms with Gasteiger partial charge in [-0.1, -0.05) is 0 Å². The van der Waals surface area contributed by atoms with Crippen LogP contribution in [0.5, 0.6) is 0 Å². The van der Waals surface area contributed by atoms with E-state index in [0.29, 0.717) is 13.1 Å². The average molecular weight is 360 g/mol. The van der Waals surface area contributed by atoms with Crippen molar-refractivity contribution >= 4 is 5.96 Å². The molecule has 0 unspecified atom stereocenters. The van der Waals surface area contributed by atoms with Crippen molar-refractivity contribution in [2.75, 3.05) is 13.1 Å². The Labute approximate surface area is 153 Å². The lowest BCUT2D eigenvalue weighted by Gasteiger charge is -2.11. The van der Waals surface area contributed by atoms with Gasteiger partial charge < -0.3 is 10.6 Å². The monoisotopic (exact) mass is 360 g/mol. The van der Waals surface area contributed by atoms with Gasteiger partial charge in [-0.15, -0.1) is 0 Å². The molecule has 2 aromatic rings. The van der Waals surface area contributed by atoms with Gasteiger partial charge in [0.15, 0.2) is 5.96 Å². The Kier molecular flexibility index (Phi) is 6.08. The summed E-state index contributed by atoms with van der Waals surface area (Å²) in [5.74, 6) is 1.70. The van der Waals surface area contributed by atoms with E-state index >= 15 is 0 Å². The van der Waals surface area contributed by atoms with Gasteiger partial charge in [0.1, 0.15) is 5.82 Å². The van der Waals surface area contributed by atoms with E-state index in [1.54, 1.807) is 10.9 Å². The second-order valence-corrected chi connectivity index (χ2v) is 6.45. The van der Waals surface area contributed by atoms with E-state index in [-0.39, 0.29) is 5.69 Å². The van der Waals surface area contributed by atoms with Gasteiger partial charge in [-0.25, -0.2) is 14.5 Å². The summed E-state index contributed by atoms with van der Waals surface area (Å²) in [6, 6.07) is 1.96. The number of aliphatic imine (C=N–C) groups is 1. The second-order valence-electron chi connectivity index (χ2n) is 6.45. The van der Waals surface area contributed by atoms with Crippen LogP contribution >= 0.6 is 0 Å². The van der Waals surface area contributed by atoms with E-state index in [1.165, 1.54) is 0 Å². The standard InChI is InChI=1S/C17H28N8O/c1-3-18-16(20-13-14-8-10-21-23(14)2)19-9-6-12-25-17(26)24-11-5-4-7-15(24)22-25/h8,10H,3-7,9,11-13H2,1-2H3,(H2,18,19,20). The minimum absolute atomic E-state index is 0.0245. The molecule has 0 radical (unpaired) electrons. The fourth-order valence-corrected chi connectivity index (χ4v) is 3.09. The van der Waals surface area contributed by atoms with Crippen LogP contribution in [-0.4, -0.2) is 43.2 Å². The van der Waals surface area contributed by atoms with Crippen LogP contribution in [0.4, 0.5) is 0 Å². The third kappa shape index (κ3) is 4.33. The van der Waals surface area contributed by atoms with E-state index in [2.05, 4.69) is 25.8 Å². The number of fused-ring (bicyclic) bond motifs is 1. The van der Waals surface area contributed by atoms with Gasteiger partial charge in [-0.05, 0) is 32.3 Å². The lowest BCUT2D eigenvalue weighted by atomic mass is 10.2. The number of guanidine groups is 1. The van der Waals surface area contributed by atoms with Gasteiger partial charge in [0, 0.05) is 45.8 Å². The van der Waals surface area contributed by atoms with Crippen LogP contribution in [0.25, 0.3) is 0 Å². The molecule has 3 heterocycles. The molecule has 9 heteroatoms. The molecule has 0 amide bonds. The largest absolute Gasteiger partial charge is 0.357 e. The summed E-state index contributed by atoms with van der Waals surface area (Å²) in [5.41, 5.74) is 1.08.